The molecule has 6 unspecified atom stereocenters. The number of esters is 2. The summed E-state index contributed by atoms with van der Waals surface area (Å²) < 4.78 is 88.1. The van der Waals surface area contributed by atoms with Crippen molar-refractivity contribution in [3.05, 3.63) is 12.2 Å². The summed E-state index contributed by atoms with van der Waals surface area (Å²) >= 11 is 12.1. The molecule has 0 spiro atoms. The van der Waals surface area contributed by atoms with E-state index in [0.29, 0.717) is 75.0 Å². The van der Waals surface area contributed by atoms with Gasteiger partial charge in [0.15, 0.2) is 31.5 Å². The maximum Gasteiger partial charge on any atom is 0.350 e. The number of imide groups is 1. The summed E-state index contributed by atoms with van der Waals surface area (Å²) in [5.41, 5.74) is 2.66. The van der Waals surface area contributed by atoms with Crippen molar-refractivity contribution in [1.29, 1.82) is 0 Å². The second-order valence-electron chi connectivity index (χ2n) is 34.3. The summed E-state index contributed by atoms with van der Waals surface area (Å²) in [6.45, 7) is 62.9. The van der Waals surface area contributed by atoms with Gasteiger partial charge in [-0.25, -0.2) is 4.79 Å². The quantitative estimate of drug-likeness (QED) is 0.155. The third-order valence-electron chi connectivity index (χ3n) is 20.9. The number of ether oxygens (including phenoxy) is 17. The highest BCUT2D eigenvalue weighted by atomic mass is 32.2. The standard InChI is InChI=1S/C8H15NO.2C7H11NO3.C7H14O2.C6H13N.C6H12O2.C6H10O2.C6H12O.C5H7NO2.C5H10O2.C5H10OS.2C5H10O.C5H10S2.C4H8O2.C4H8OS.C4H8S2.17CH4/c1-7-3-5-9(6-4-7)8(2)10;1-3-10-7(9)6-4-11-8-5(6)2;1-3-10-7(9)6-4-5(2)8-11-6;1-6-8-4-7(2,3)5-9-6;1-6-2-4-7-5-3-6;2*1-6-7-4-2-3-5-8-6;1-6-2-4-7-5-3-6;1-6-4(7)2-3-5(6)8;2*1-5-6-3-2-4-7-5;1-5-2-3-6-4-5;1-5-3-2-4-6-5;1-5-6-3-2-4-7-5;3*1-4-5-2-3-6-4;;;;;;;;;;;;;;;;;/h7H,3-6H2,1-2H3;2*6H,3-4H2,1-2H3;6H,4-5H2,1-3H3;6-7H,2-5H2,1H3;6H,2-5H2,1H3;2-3,6H,4-5H2,1H3;6H,2-5H2,1H3;2-3H2,1H3;2*5H,2-4H2,1H3;2*5H,2-4H2,1H3;5H,2-4H2,1H3;3*4H,2-3H2,1H3;17*1H4. The van der Waals surface area contributed by atoms with Crippen molar-refractivity contribution in [3.63, 3.8) is 0 Å². The van der Waals surface area contributed by atoms with Crippen molar-refractivity contribution in [1.82, 2.24) is 15.1 Å². The first-order valence-corrected chi connectivity index (χ1v) is 54.5. The van der Waals surface area contributed by atoms with Crippen LogP contribution in [0.25, 0.3) is 0 Å². The molecule has 3 amide bonds. The monoisotopic (exact) mass is 2240 g/mol. The van der Waals surface area contributed by atoms with Crippen LogP contribution in [0.3, 0.4) is 0 Å². The van der Waals surface area contributed by atoms with Gasteiger partial charge in [-0.1, -0.05) is 190 Å². The lowest BCUT2D eigenvalue weighted by molar-refractivity contribution is -0.212. The zero-order valence-electron chi connectivity index (χ0n) is 84.2. The Morgan fingerprint density at radius 3 is 1.05 bits per heavy atom. The molecule has 1 N–H and O–H groups in total. The highest BCUT2D eigenvalue weighted by molar-refractivity contribution is 8.20. The number of thioether (sulfide) groups is 6. The fraction of sp³-hybridized carbons (Fsp3) is 0.920. The summed E-state index contributed by atoms with van der Waals surface area (Å²) in [4.78, 5) is 66.5. The molecule has 147 heavy (non-hydrogen) atoms. The molecule has 17 heterocycles. The molecular formula is C112H247N5O24S6. The summed E-state index contributed by atoms with van der Waals surface area (Å²) in [6, 6.07) is 0. The SMILES string of the molecule is C.C.C.C.C.C.C.C.C.C.C.C.C.C.C.C.C.CC(=O)N1CCC(C)CC1.CC1CCCO1.CC1CCNCC1.CC1CCOC1.CC1CCOCC1.CC1OCC(C)(C)CO1.CC1OCC=CCO1.CC1OCCCCO1.CC1OCCCO1.CC1OCCCS1.CC1OCCO1.CC1OCCS1.CC1SCCCS1.CC1SCCS1.CCOC(=O)C1CC(C)=NO1.CCOC(=O)C1CON=C1C.CN1C(=O)CCC1=O. The van der Waals surface area contributed by atoms with Crippen molar-refractivity contribution < 1.29 is 114 Å². The van der Waals surface area contributed by atoms with Crippen molar-refractivity contribution in [2.45, 2.75) is 444 Å². The van der Waals surface area contributed by atoms with E-state index in [9.17, 15) is 24.0 Å². The van der Waals surface area contributed by atoms with Gasteiger partial charge in [-0.2, -0.15) is 0 Å². The molecule has 0 saturated carbocycles. The molecule has 35 heteroatoms. The molecule has 14 saturated heterocycles. The minimum atomic E-state index is -0.505. The van der Waals surface area contributed by atoms with E-state index in [4.69, 9.17) is 90.2 Å². The maximum atomic E-state index is 11.1. The third-order valence-corrected chi connectivity index (χ3v) is 28.7. The van der Waals surface area contributed by atoms with Crippen LogP contribution in [0.2, 0.25) is 0 Å². The summed E-state index contributed by atoms with van der Waals surface area (Å²) in [5.74, 6) is 10.7. The van der Waals surface area contributed by atoms with Gasteiger partial charge in [0.2, 0.25) is 23.8 Å². The van der Waals surface area contributed by atoms with E-state index >= 15 is 0 Å². The van der Waals surface area contributed by atoms with Crippen molar-refractivity contribution in [2.24, 2.45) is 45.3 Å². The Morgan fingerprint density at radius 1 is 0.408 bits per heavy atom. The highest BCUT2D eigenvalue weighted by Crippen LogP contribution is 2.31. The molecular weight excluding hydrogens is 1990 g/mol. The van der Waals surface area contributed by atoms with E-state index < -0.39 is 6.10 Å². The number of nitrogens with one attached hydrogen (secondary N) is 1. The first kappa shape index (κ1) is 183. The van der Waals surface area contributed by atoms with Crippen LogP contribution in [0, 0.1) is 35.0 Å². The number of likely N-dealkylation sites (tertiary alicyclic amines) is 2. The van der Waals surface area contributed by atoms with Gasteiger partial charge in [0.25, 0.3) is 0 Å². The summed E-state index contributed by atoms with van der Waals surface area (Å²) in [7, 11) is 1.51. The molecule has 6 atom stereocenters. The average Bonchev–Trinajstić information content (AvgIpc) is 1.73. The van der Waals surface area contributed by atoms with E-state index in [0.717, 1.165) is 170 Å². The minimum absolute atomic E-state index is 0. The largest absolute Gasteiger partial charge is 0.465 e. The zero-order chi connectivity index (χ0) is 96.4. The molecule has 14 fully saturated rings. The van der Waals surface area contributed by atoms with E-state index in [1.165, 1.54) is 130 Å². The Labute approximate surface area is 936 Å². The lowest BCUT2D eigenvalue weighted by Gasteiger charge is -2.32. The first-order chi connectivity index (χ1) is 62.2. The Hall–Kier alpha value is -2.31. The Kier molecular flexibility index (Phi) is 150. The minimum Gasteiger partial charge on any atom is -0.465 e. The van der Waals surface area contributed by atoms with Gasteiger partial charge < -0.3 is 100 Å². The van der Waals surface area contributed by atoms with Gasteiger partial charge in [0, 0.05) is 131 Å². The van der Waals surface area contributed by atoms with Crippen molar-refractivity contribution >= 4 is 112 Å². The number of carbonyl (C=O) groups excluding carboxylic acids is 5. The highest BCUT2D eigenvalue weighted by Gasteiger charge is 2.30. The van der Waals surface area contributed by atoms with E-state index in [1.54, 1.807) is 27.7 Å². The third kappa shape index (κ3) is 109. The van der Waals surface area contributed by atoms with Crippen molar-refractivity contribution in [2.75, 3.05) is 200 Å². The number of oxime groups is 2. The molecule has 0 aliphatic carbocycles. The van der Waals surface area contributed by atoms with Gasteiger partial charge in [-0.3, -0.25) is 24.1 Å². The number of hydrogen-bond donors (Lipinski definition) is 1. The van der Waals surface area contributed by atoms with Gasteiger partial charge in [-0.05, 0) is 241 Å². The van der Waals surface area contributed by atoms with Gasteiger partial charge >= 0.3 is 11.9 Å². The predicted molar refractivity (Wildman–Crippen MR) is 648 cm³/mol. The van der Waals surface area contributed by atoms with E-state index in [-0.39, 0.29) is 199 Å². The van der Waals surface area contributed by atoms with Gasteiger partial charge in [0.05, 0.1) is 95.6 Å². The predicted octanol–water partition coefficient (Wildman–Crippen LogP) is 29.0. The summed E-state index contributed by atoms with van der Waals surface area (Å²) in [6.07, 6.45) is 22.8. The van der Waals surface area contributed by atoms with Crippen LogP contribution in [0.15, 0.2) is 22.5 Å². The second kappa shape index (κ2) is 121. The molecule has 17 aliphatic heterocycles. The van der Waals surface area contributed by atoms with Crippen LogP contribution in [-0.4, -0.2) is 314 Å². The molecule has 900 valence electrons. The molecule has 0 radical (unpaired) electrons. The molecule has 29 nitrogen and oxygen atoms in total. The van der Waals surface area contributed by atoms with Crippen LogP contribution in [0.4, 0.5) is 0 Å². The van der Waals surface area contributed by atoms with Crippen LogP contribution in [0.1, 0.15) is 381 Å². The molecule has 0 aromatic carbocycles. The molecule has 0 bridgehead atoms. The Morgan fingerprint density at radius 2 is 0.803 bits per heavy atom. The molecule has 17 rings (SSSR count). The average molecular weight is 2240 g/mol. The van der Waals surface area contributed by atoms with Crippen LogP contribution >= 0.6 is 70.6 Å². The van der Waals surface area contributed by atoms with Crippen LogP contribution in [0.5, 0.6) is 0 Å². The lowest BCUT2D eigenvalue weighted by Crippen LogP contribution is -2.36. The fourth-order valence-electron chi connectivity index (χ4n) is 12.3. The Bertz CT molecular complexity index is 2600. The zero-order valence-corrected chi connectivity index (χ0v) is 89.1. The molecule has 0 aromatic rings. The first-order valence-electron chi connectivity index (χ1n) is 48.2. The number of rotatable bonds is 4. The topological polar surface area (TPSA) is 304 Å². The summed E-state index contributed by atoms with van der Waals surface area (Å²) in [5, 5.41) is 10.6. The number of carbonyl (C=O) groups is 5. The van der Waals surface area contributed by atoms with Gasteiger partial charge in [-0.15, -0.1) is 70.6 Å². The number of hydrogen-bond acceptors (Lipinski definition) is 33. The normalized spacial score (nSPS) is 23.0. The van der Waals surface area contributed by atoms with Crippen molar-refractivity contribution in [3.8, 4) is 0 Å². The maximum absolute atomic E-state index is 11.1. The molecule has 0 aromatic heterocycles. The van der Waals surface area contributed by atoms with E-state index in [2.05, 4.69) is 139 Å². The smallest absolute Gasteiger partial charge is 0.350 e. The second-order valence-corrected chi connectivity index (χ2v) is 43.5. The number of piperidine rings is 2. The molecule has 17 aliphatic rings. The number of amides is 3. The van der Waals surface area contributed by atoms with Crippen LogP contribution in [-0.2, 0) is 114 Å². The number of nitrogens with zero attached hydrogens (tertiary/aromatic N) is 4. The fourth-order valence-corrected chi connectivity index (χ4v) is 18.6. The van der Waals surface area contributed by atoms with E-state index in [1.807, 2.05) is 82.1 Å². The van der Waals surface area contributed by atoms with Crippen LogP contribution < -0.4 is 5.32 Å². The van der Waals surface area contributed by atoms with Gasteiger partial charge in [0.1, 0.15) is 18.0 Å². The lowest BCUT2D eigenvalue weighted by atomic mass is 9.96. The Balaban J connectivity index is -0.0000000811.